The largest absolute Gasteiger partial charge is 0.481 e. The topological polar surface area (TPSA) is 92.4 Å². The Morgan fingerprint density at radius 1 is 1.25 bits per heavy atom. The zero-order valence-electron chi connectivity index (χ0n) is 20.8. The Hall–Kier alpha value is -2.55. The average molecular weight is 529 g/mol. The van der Waals surface area contributed by atoms with Gasteiger partial charge in [0.2, 0.25) is 5.91 Å². The second kappa shape index (κ2) is 10.8. The summed E-state index contributed by atoms with van der Waals surface area (Å²) in [6.07, 6.45) is -3.73. The predicted molar refractivity (Wildman–Crippen MR) is 130 cm³/mol. The fourth-order valence-electron chi connectivity index (χ4n) is 4.92. The van der Waals surface area contributed by atoms with E-state index >= 15 is 0 Å². The van der Waals surface area contributed by atoms with Crippen molar-refractivity contribution < 1.29 is 32.4 Å². The Kier molecular flexibility index (Phi) is 8.43. The zero-order valence-corrected chi connectivity index (χ0v) is 21.6. The van der Waals surface area contributed by atoms with Gasteiger partial charge in [-0.3, -0.25) is 9.59 Å². The van der Waals surface area contributed by atoms with E-state index in [0.717, 1.165) is 12.0 Å². The maximum Gasteiger partial charge on any atom is 0.421 e. The van der Waals surface area contributed by atoms with Gasteiger partial charge in [0.1, 0.15) is 5.56 Å². The first-order valence-corrected chi connectivity index (χ1v) is 12.4. The molecule has 0 radical (unpaired) electrons. The summed E-state index contributed by atoms with van der Waals surface area (Å²) in [5.74, 6) is -3.19. The lowest BCUT2D eigenvalue weighted by atomic mass is 9.67. The summed E-state index contributed by atoms with van der Waals surface area (Å²) in [5.41, 5.74) is -0.116. The molecule has 1 aliphatic carbocycles. The van der Waals surface area contributed by atoms with Crippen LogP contribution in [0, 0.1) is 18.3 Å². The number of aromatic nitrogens is 1. The van der Waals surface area contributed by atoms with Crippen molar-refractivity contribution in [3.8, 4) is 0 Å². The summed E-state index contributed by atoms with van der Waals surface area (Å²) in [7, 11) is 0. The minimum Gasteiger partial charge on any atom is -0.481 e. The lowest BCUT2D eigenvalue weighted by Gasteiger charge is -2.38. The number of hydrogen-bond donors (Lipinski definition) is 2. The van der Waals surface area contributed by atoms with Gasteiger partial charge in [-0.15, -0.1) is 0 Å². The molecular formula is C26H32ClF3N2O4. The molecule has 1 aromatic heterocycles. The van der Waals surface area contributed by atoms with Gasteiger partial charge in [0.15, 0.2) is 5.76 Å². The number of carboxylic acid groups (broad SMARTS) is 1. The molecule has 2 N–H and O–H groups in total. The number of anilines is 1. The molecular weight excluding hydrogens is 497 g/mol. The van der Waals surface area contributed by atoms with E-state index in [1.165, 1.54) is 0 Å². The average Bonchev–Trinajstić information content (AvgIpc) is 3.14. The molecule has 3 rings (SSSR count). The monoisotopic (exact) mass is 528 g/mol. The highest BCUT2D eigenvalue weighted by Gasteiger charge is 2.47. The normalized spacial score (nSPS) is 19.0. The van der Waals surface area contributed by atoms with Crippen molar-refractivity contribution in [3.05, 3.63) is 45.8 Å². The van der Waals surface area contributed by atoms with Crippen LogP contribution >= 0.6 is 11.6 Å². The number of hydrogen-bond acceptors (Lipinski definition) is 4. The van der Waals surface area contributed by atoms with Gasteiger partial charge in [-0.2, -0.15) is 13.2 Å². The number of amides is 1. The minimum absolute atomic E-state index is 0.0741. The van der Waals surface area contributed by atoms with E-state index < -0.39 is 54.0 Å². The molecule has 6 nitrogen and oxygen atoms in total. The predicted octanol–water partition coefficient (Wildman–Crippen LogP) is 7.56. The Bertz CT molecular complexity index is 1100. The Balaban J connectivity index is 1.85. The maximum absolute atomic E-state index is 14.2. The van der Waals surface area contributed by atoms with Crippen LogP contribution in [0.4, 0.5) is 18.9 Å². The van der Waals surface area contributed by atoms with E-state index in [1.54, 1.807) is 18.2 Å². The smallest absolute Gasteiger partial charge is 0.421 e. The van der Waals surface area contributed by atoms with Gasteiger partial charge in [-0.1, -0.05) is 43.6 Å². The molecule has 10 heteroatoms. The number of nitrogens with zero attached hydrogens (tertiary/aromatic N) is 1. The molecule has 1 atom stereocenters. The van der Waals surface area contributed by atoms with Gasteiger partial charge in [0.05, 0.1) is 16.4 Å². The minimum atomic E-state index is -4.75. The SMILES string of the molecule is Cc1ccc(NC(=O)C[C@H](CCC(=O)O)c2noc([C@H]3C[C@H](CC(C)(C)C)C3)c2C(F)(F)F)c(Cl)c1. The highest BCUT2D eigenvalue weighted by molar-refractivity contribution is 6.33. The molecule has 2 aromatic rings. The summed E-state index contributed by atoms with van der Waals surface area (Å²) in [6, 6.07) is 4.98. The third kappa shape index (κ3) is 7.24. The molecule has 0 unspecified atom stereocenters. The Morgan fingerprint density at radius 3 is 2.47 bits per heavy atom. The van der Waals surface area contributed by atoms with Gasteiger partial charge in [-0.05, 0) is 61.6 Å². The van der Waals surface area contributed by atoms with Crippen LogP contribution in [0.3, 0.4) is 0 Å². The highest BCUT2D eigenvalue weighted by Crippen LogP contribution is 2.51. The van der Waals surface area contributed by atoms with Crippen LogP contribution in [0.1, 0.15) is 93.7 Å². The molecule has 1 heterocycles. The number of aryl methyl sites for hydroxylation is 1. The summed E-state index contributed by atoms with van der Waals surface area (Å²) >= 11 is 6.16. The van der Waals surface area contributed by atoms with Crippen LogP contribution in [0.25, 0.3) is 0 Å². The van der Waals surface area contributed by atoms with Crippen molar-refractivity contribution in [3.63, 3.8) is 0 Å². The van der Waals surface area contributed by atoms with Crippen molar-refractivity contribution in [2.24, 2.45) is 11.3 Å². The lowest BCUT2D eigenvalue weighted by Crippen LogP contribution is -2.27. The van der Waals surface area contributed by atoms with E-state index in [-0.39, 0.29) is 17.6 Å². The molecule has 198 valence electrons. The van der Waals surface area contributed by atoms with Gasteiger partial charge in [0.25, 0.3) is 0 Å². The molecule has 1 saturated carbocycles. The molecule has 1 aliphatic rings. The first-order chi connectivity index (χ1) is 16.6. The fraction of sp³-hybridized carbons (Fsp3) is 0.577. The summed E-state index contributed by atoms with van der Waals surface area (Å²) < 4.78 is 47.9. The number of rotatable bonds is 9. The molecule has 0 aliphatic heterocycles. The third-order valence-corrected chi connectivity index (χ3v) is 6.77. The Morgan fingerprint density at radius 2 is 1.92 bits per heavy atom. The summed E-state index contributed by atoms with van der Waals surface area (Å²) in [4.78, 5) is 24.0. The number of benzene rings is 1. The van der Waals surface area contributed by atoms with E-state index in [4.69, 9.17) is 21.2 Å². The van der Waals surface area contributed by atoms with Crippen molar-refractivity contribution in [1.29, 1.82) is 0 Å². The van der Waals surface area contributed by atoms with Crippen molar-refractivity contribution in [1.82, 2.24) is 5.16 Å². The number of halogens is 4. The first kappa shape index (κ1) is 28.0. The van der Waals surface area contributed by atoms with Crippen LogP contribution in [0.15, 0.2) is 22.7 Å². The number of carboxylic acids is 1. The van der Waals surface area contributed by atoms with Crippen molar-refractivity contribution in [2.75, 3.05) is 5.32 Å². The second-order valence-corrected chi connectivity index (χ2v) is 11.4. The quantitative estimate of drug-likeness (QED) is 0.350. The van der Waals surface area contributed by atoms with Crippen LogP contribution < -0.4 is 5.32 Å². The first-order valence-electron chi connectivity index (χ1n) is 12.0. The van der Waals surface area contributed by atoms with Crippen molar-refractivity contribution >= 4 is 29.2 Å². The molecule has 0 spiro atoms. The molecule has 0 saturated heterocycles. The number of alkyl halides is 3. The van der Waals surface area contributed by atoms with Gasteiger partial charge < -0.3 is 14.9 Å². The van der Waals surface area contributed by atoms with Crippen LogP contribution in [-0.4, -0.2) is 22.1 Å². The van der Waals surface area contributed by atoms with Crippen LogP contribution in [0.5, 0.6) is 0 Å². The summed E-state index contributed by atoms with van der Waals surface area (Å²) in [6.45, 7) is 8.11. The number of carbonyl (C=O) groups is 2. The molecule has 0 bridgehead atoms. The Labute approximate surface area is 213 Å². The molecule has 1 fully saturated rings. The molecule has 1 amide bonds. The molecule has 36 heavy (non-hydrogen) atoms. The standard InChI is InChI=1S/C26H32ClF3N2O4/c1-14-5-7-19(18(27)9-14)31-20(33)12-16(6-8-21(34)35)23-22(26(28,29)30)24(36-32-23)17-10-15(11-17)13-25(2,3)4/h5,7,9,15-17H,6,8,10-13H2,1-4H3,(H,31,33)(H,34,35)/t15-,16-,17-/m0/s1. The third-order valence-electron chi connectivity index (χ3n) is 6.46. The van der Waals surface area contributed by atoms with Gasteiger partial charge in [-0.25, -0.2) is 0 Å². The lowest BCUT2D eigenvalue weighted by molar-refractivity contribution is -0.140. The van der Waals surface area contributed by atoms with Gasteiger partial charge >= 0.3 is 12.1 Å². The second-order valence-electron chi connectivity index (χ2n) is 11.0. The van der Waals surface area contributed by atoms with Crippen LogP contribution in [-0.2, 0) is 15.8 Å². The van der Waals surface area contributed by atoms with Crippen LogP contribution in [0.2, 0.25) is 5.02 Å². The maximum atomic E-state index is 14.2. The van der Waals surface area contributed by atoms with Gasteiger partial charge in [0, 0.05) is 24.7 Å². The van der Waals surface area contributed by atoms with E-state index in [1.807, 2.05) is 6.92 Å². The van der Waals surface area contributed by atoms with E-state index in [9.17, 15) is 22.8 Å². The molecule has 1 aromatic carbocycles. The van der Waals surface area contributed by atoms with E-state index in [2.05, 4.69) is 31.2 Å². The van der Waals surface area contributed by atoms with E-state index in [0.29, 0.717) is 29.5 Å². The number of aliphatic carboxylic acids is 1. The highest BCUT2D eigenvalue weighted by atomic mass is 35.5. The fourth-order valence-corrected chi connectivity index (χ4v) is 5.20. The summed E-state index contributed by atoms with van der Waals surface area (Å²) in [5, 5.41) is 15.8. The van der Waals surface area contributed by atoms with Crippen molar-refractivity contribution in [2.45, 2.75) is 84.2 Å². The number of carbonyl (C=O) groups excluding carboxylic acids is 1. The zero-order chi connectivity index (χ0) is 26.8. The number of nitrogens with one attached hydrogen (secondary N) is 1.